The summed E-state index contributed by atoms with van der Waals surface area (Å²) in [6.07, 6.45) is 25.5. The molecule has 3 heteroatoms. The Morgan fingerprint density at radius 3 is 2.76 bits per heavy atom. The normalized spacial score (nSPS) is 46.9. The average Bonchev–Trinajstić information content (AvgIpc) is 2.84. The number of hydrogen-bond acceptors (Lipinski definition) is 3. The molecule has 186 valence electrons. The van der Waals surface area contributed by atoms with E-state index >= 15 is 0 Å². The molecule has 0 spiro atoms. The summed E-state index contributed by atoms with van der Waals surface area (Å²) < 4.78 is 0. The Morgan fingerprint density at radius 1 is 0.848 bits per heavy atom. The molecular weight excluding hydrogens is 402 g/mol. The smallest absolute Gasteiger partial charge is 0.0280 e. The van der Waals surface area contributed by atoms with Gasteiger partial charge in [0.2, 0.25) is 0 Å². The second-order valence-electron chi connectivity index (χ2n) is 13.2. The summed E-state index contributed by atoms with van der Waals surface area (Å²) in [5.41, 5.74) is 0. The van der Waals surface area contributed by atoms with Gasteiger partial charge in [0.05, 0.1) is 0 Å². The number of rotatable bonds is 4. The van der Waals surface area contributed by atoms with Crippen LogP contribution in [0.2, 0.25) is 0 Å². The number of nitrogens with one attached hydrogen (secondary N) is 1. The molecule has 1 N–H and O–H groups in total. The van der Waals surface area contributed by atoms with Gasteiger partial charge in [0.1, 0.15) is 0 Å². The molecule has 1 saturated carbocycles. The van der Waals surface area contributed by atoms with Crippen molar-refractivity contribution in [1.29, 1.82) is 0 Å². The lowest BCUT2D eigenvalue weighted by Gasteiger charge is -2.50. The molecule has 0 aromatic heterocycles. The molecule has 9 unspecified atom stereocenters. The zero-order chi connectivity index (χ0) is 22.2. The molecule has 0 radical (unpaired) electrons. The minimum absolute atomic E-state index is 0.767. The van der Waals surface area contributed by atoms with Gasteiger partial charge in [-0.3, -0.25) is 9.80 Å². The molecule has 6 aliphatic rings. The van der Waals surface area contributed by atoms with E-state index < -0.39 is 0 Å². The number of piperidine rings is 4. The van der Waals surface area contributed by atoms with Gasteiger partial charge in [0.15, 0.2) is 0 Å². The summed E-state index contributed by atoms with van der Waals surface area (Å²) in [7, 11) is 0. The fourth-order valence-electron chi connectivity index (χ4n) is 9.43. The van der Waals surface area contributed by atoms with Crippen molar-refractivity contribution in [2.75, 3.05) is 26.2 Å². The Morgan fingerprint density at radius 2 is 1.79 bits per heavy atom. The van der Waals surface area contributed by atoms with Crippen LogP contribution in [-0.2, 0) is 0 Å². The summed E-state index contributed by atoms with van der Waals surface area (Å²) in [6.45, 7) is 7.84. The number of nitrogens with zero attached hydrogens (tertiary/aromatic N) is 2. The molecule has 0 aromatic rings. The van der Waals surface area contributed by atoms with Gasteiger partial charge in [-0.25, -0.2) is 0 Å². The van der Waals surface area contributed by atoms with Gasteiger partial charge in [0.25, 0.3) is 0 Å². The summed E-state index contributed by atoms with van der Waals surface area (Å²) in [6, 6.07) is 3.43. The molecule has 5 aliphatic heterocycles. The lowest BCUT2D eigenvalue weighted by Crippen LogP contribution is -2.54. The van der Waals surface area contributed by atoms with Gasteiger partial charge in [-0.15, -0.1) is 0 Å². The summed E-state index contributed by atoms with van der Waals surface area (Å²) in [5, 5.41) is 4.03. The van der Waals surface area contributed by atoms with Crippen LogP contribution in [0.3, 0.4) is 0 Å². The molecule has 5 heterocycles. The van der Waals surface area contributed by atoms with Gasteiger partial charge in [-0.2, -0.15) is 0 Å². The molecule has 1 aliphatic carbocycles. The third kappa shape index (κ3) is 5.12. The maximum Gasteiger partial charge on any atom is 0.0280 e. The maximum atomic E-state index is 4.03. The Balaban J connectivity index is 1.02. The quantitative estimate of drug-likeness (QED) is 0.538. The van der Waals surface area contributed by atoms with E-state index in [1.165, 1.54) is 116 Å². The van der Waals surface area contributed by atoms with Crippen LogP contribution in [0.25, 0.3) is 0 Å². The topological polar surface area (TPSA) is 18.5 Å². The van der Waals surface area contributed by atoms with E-state index in [-0.39, 0.29) is 0 Å². The van der Waals surface area contributed by atoms with E-state index in [4.69, 9.17) is 0 Å². The van der Waals surface area contributed by atoms with Crippen molar-refractivity contribution in [1.82, 2.24) is 15.1 Å². The van der Waals surface area contributed by atoms with Gasteiger partial charge in [-0.05, 0) is 126 Å². The van der Waals surface area contributed by atoms with Crippen LogP contribution >= 0.6 is 0 Å². The van der Waals surface area contributed by atoms with Crippen molar-refractivity contribution in [3.63, 3.8) is 0 Å². The van der Waals surface area contributed by atoms with Crippen molar-refractivity contribution in [2.45, 2.75) is 121 Å². The largest absolute Gasteiger partial charge is 0.314 e. The summed E-state index contributed by atoms with van der Waals surface area (Å²) in [4.78, 5) is 5.75. The van der Waals surface area contributed by atoms with Gasteiger partial charge >= 0.3 is 0 Å². The molecule has 9 atom stereocenters. The lowest BCUT2D eigenvalue weighted by molar-refractivity contribution is 0.00500. The summed E-state index contributed by atoms with van der Waals surface area (Å²) in [5.74, 6) is 4.91. The third-order valence-electron chi connectivity index (χ3n) is 11.2. The van der Waals surface area contributed by atoms with E-state index in [1.807, 2.05) is 0 Å². The number of fused-ring (bicyclic) bond motifs is 3. The molecule has 0 aromatic carbocycles. The Labute approximate surface area is 204 Å². The van der Waals surface area contributed by atoms with Gasteiger partial charge in [-0.1, -0.05) is 31.9 Å². The molecule has 4 saturated heterocycles. The van der Waals surface area contributed by atoms with E-state index in [0.29, 0.717) is 0 Å². The first-order chi connectivity index (χ1) is 16.2. The first-order valence-electron chi connectivity index (χ1n) is 15.1. The van der Waals surface area contributed by atoms with E-state index in [9.17, 15) is 0 Å². The van der Waals surface area contributed by atoms with Crippen LogP contribution in [0, 0.1) is 29.6 Å². The van der Waals surface area contributed by atoms with Crippen molar-refractivity contribution in [3.05, 3.63) is 12.2 Å². The minimum atomic E-state index is 0.767. The molecule has 33 heavy (non-hydrogen) atoms. The van der Waals surface area contributed by atoms with Crippen LogP contribution in [0.15, 0.2) is 12.2 Å². The lowest BCUT2D eigenvalue weighted by atomic mass is 9.65. The molecule has 6 rings (SSSR count). The number of hydrogen-bond donors (Lipinski definition) is 1. The zero-order valence-corrected chi connectivity index (χ0v) is 21.5. The Hall–Kier alpha value is -0.380. The van der Waals surface area contributed by atoms with E-state index in [0.717, 1.165) is 53.8 Å². The van der Waals surface area contributed by atoms with Crippen LogP contribution in [0.1, 0.15) is 96.8 Å². The van der Waals surface area contributed by atoms with Crippen molar-refractivity contribution >= 4 is 0 Å². The highest BCUT2D eigenvalue weighted by Crippen LogP contribution is 2.44. The monoisotopic (exact) mass is 453 g/mol. The maximum absolute atomic E-state index is 4.03. The van der Waals surface area contributed by atoms with Gasteiger partial charge < -0.3 is 5.32 Å². The second-order valence-corrected chi connectivity index (χ2v) is 13.2. The Kier molecular flexibility index (Phi) is 7.20. The van der Waals surface area contributed by atoms with Crippen LogP contribution in [0.5, 0.6) is 0 Å². The third-order valence-corrected chi connectivity index (χ3v) is 11.2. The second kappa shape index (κ2) is 10.3. The molecule has 5 fully saturated rings. The highest BCUT2D eigenvalue weighted by Gasteiger charge is 2.42. The van der Waals surface area contributed by atoms with Crippen molar-refractivity contribution in [2.24, 2.45) is 29.6 Å². The first-order valence-corrected chi connectivity index (χ1v) is 15.1. The van der Waals surface area contributed by atoms with Gasteiger partial charge in [0, 0.05) is 30.7 Å². The first kappa shape index (κ1) is 23.0. The van der Waals surface area contributed by atoms with Crippen LogP contribution < -0.4 is 5.32 Å². The minimum Gasteiger partial charge on any atom is -0.314 e. The predicted molar refractivity (Wildman–Crippen MR) is 138 cm³/mol. The van der Waals surface area contributed by atoms with Crippen molar-refractivity contribution < 1.29 is 0 Å². The fraction of sp³-hybridized carbons (Fsp3) is 0.933. The predicted octanol–water partition coefficient (Wildman–Crippen LogP) is 5.85. The van der Waals surface area contributed by atoms with E-state index in [2.05, 4.69) is 34.2 Å². The zero-order valence-electron chi connectivity index (χ0n) is 21.5. The highest BCUT2D eigenvalue weighted by molar-refractivity contribution is 5.03. The fourth-order valence-corrected chi connectivity index (χ4v) is 9.43. The van der Waals surface area contributed by atoms with Crippen LogP contribution in [0.4, 0.5) is 0 Å². The molecule has 0 amide bonds. The Bertz CT molecular complexity index is 675. The van der Waals surface area contributed by atoms with E-state index in [1.54, 1.807) is 0 Å². The average molecular weight is 454 g/mol. The highest BCUT2D eigenvalue weighted by atomic mass is 15.2. The summed E-state index contributed by atoms with van der Waals surface area (Å²) >= 11 is 0. The molecule has 0 bridgehead atoms. The molecule has 3 nitrogen and oxygen atoms in total. The standard InChI is InChI=1S/C30H51N3/c1-22-11-16-33-27(17-22)6-4-7-28(33)21-25-10-13-31-30-20-23(8-9-29(25)30)18-24-12-15-32-14-3-2-5-26(32)19-24/h2,5,22-31H,3-4,6-21H2,1H3. The van der Waals surface area contributed by atoms with Crippen molar-refractivity contribution in [3.8, 4) is 0 Å². The SMILES string of the molecule is CC1CCN2C(CCCC2CC2CCNC3CC(CC4CCN5CCC=CC5C4)CCC23)C1. The van der Waals surface area contributed by atoms with Crippen LogP contribution in [-0.4, -0.2) is 60.1 Å². The molecular formula is C30H51N3.